The number of hydrogen-bond acceptors (Lipinski definition) is 6. The first-order chi connectivity index (χ1) is 9.79. The van der Waals surface area contributed by atoms with E-state index in [9.17, 15) is 4.79 Å². The van der Waals surface area contributed by atoms with Crippen molar-refractivity contribution in [2.24, 2.45) is 0 Å². The second-order valence-corrected chi connectivity index (χ2v) is 4.81. The number of hydrogen-bond donors (Lipinski definition) is 0. The maximum Gasteiger partial charge on any atom is 0.327 e. The van der Waals surface area contributed by atoms with Crippen LogP contribution in [0, 0.1) is 0 Å². The largest absolute Gasteiger partial charge is 0.468 e. The number of esters is 1. The smallest absolute Gasteiger partial charge is 0.327 e. The van der Waals surface area contributed by atoms with Gasteiger partial charge in [0, 0.05) is 5.75 Å². The molecule has 1 aromatic carbocycles. The van der Waals surface area contributed by atoms with E-state index in [0.29, 0.717) is 5.16 Å². The van der Waals surface area contributed by atoms with E-state index >= 15 is 0 Å². The van der Waals surface area contributed by atoms with Crippen LogP contribution in [0.25, 0.3) is 6.08 Å². The molecule has 0 aliphatic heterocycles. The molecule has 1 aromatic heterocycles. The van der Waals surface area contributed by atoms with Crippen LogP contribution in [0.4, 0.5) is 0 Å². The number of rotatable bonds is 6. The maximum atomic E-state index is 11.2. The van der Waals surface area contributed by atoms with E-state index in [1.54, 1.807) is 0 Å². The van der Waals surface area contributed by atoms with Crippen molar-refractivity contribution >= 4 is 23.8 Å². The summed E-state index contributed by atoms with van der Waals surface area (Å²) in [5.74, 6) is 0.343. The van der Waals surface area contributed by atoms with Gasteiger partial charge in [-0.25, -0.2) is 4.68 Å². The van der Waals surface area contributed by atoms with Crippen molar-refractivity contribution in [3.05, 3.63) is 42.0 Å². The standard InChI is InChI=1S/C13H14N4O2S/c1-19-12(18)10-17-13(14-15-16-17)20-9-5-8-11-6-3-2-4-7-11/h2-8H,9-10H2,1H3. The molecule has 104 valence electrons. The predicted octanol–water partition coefficient (Wildman–Crippen LogP) is 1.65. The Morgan fingerprint density at radius 1 is 1.40 bits per heavy atom. The summed E-state index contributed by atoms with van der Waals surface area (Å²) in [5, 5.41) is 11.8. The number of nitrogens with zero attached hydrogens (tertiary/aromatic N) is 4. The number of tetrazole rings is 1. The highest BCUT2D eigenvalue weighted by atomic mass is 32.2. The third kappa shape index (κ3) is 4.20. The van der Waals surface area contributed by atoms with Crippen molar-refractivity contribution in [1.82, 2.24) is 20.2 Å². The molecule has 7 heteroatoms. The molecular weight excluding hydrogens is 276 g/mol. The van der Waals surface area contributed by atoms with Gasteiger partial charge in [-0.2, -0.15) is 0 Å². The van der Waals surface area contributed by atoms with Crippen molar-refractivity contribution in [3.63, 3.8) is 0 Å². The molecule has 0 fully saturated rings. The zero-order chi connectivity index (χ0) is 14.2. The molecule has 0 spiro atoms. The van der Waals surface area contributed by atoms with Crippen molar-refractivity contribution < 1.29 is 9.53 Å². The Bertz CT molecular complexity index is 583. The molecule has 0 bridgehead atoms. The minimum absolute atomic E-state index is 0.0221. The van der Waals surface area contributed by atoms with E-state index in [-0.39, 0.29) is 12.5 Å². The van der Waals surface area contributed by atoms with E-state index < -0.39 is 0 Å². The van der Waals surface area contributed by atoms with Crippen LogP contribution < -0.4 is 0 Å². The lowest BCUT2D eigenvalue weighted by molar-refractivity contribution is -0.141. The quantitative estimate of drug-likeness (QED) is 0.595. The third-order valence-corrected chi connectivity index (χ3v) is 3.33. The first kappa shape index (κ1) is 14.3. The summed E-state index contributed by atoms with van der Waals surface area (Å²) >= 11 is 1.46. The lowest BCUT2D eigenvalue weighted by Gasteiger charge is -2.01. The fourth-order valence-corrected chi connectivity index (χ4v) is 2.14. The summed E-state index contributed by atoms with van der Waals surface area (Å²) in [6.07, 6.45) is 4.05. The lowest BCUT2D eigenvalue weighted by atomic mass is 10.2. The number of thioether (sulfide) groups is 1. The molecular formula is C13H14N4O2S. The van der Waals surface area contributed by atoms with Crippen molar-refractivity contribution in [1.29, 1.82) is 0 Å². The van der Waals surface area contributed by atoms with Crippen LogP contribution >= 0.6 is 11.8 Å². The van der Waals surface area contributed by atoms with Gasteiger partial charge in [-0.05, 0) is 16.0 Å². The molecule has 6 nitrogen and oxygen atoms in total. The van der Waals surface area contributed by atoms with Gasteiger partial charge in [0.2, 0.25) is 5.16 Å². The molecule has 0 amide bonds. The highest BCUT2D eigenvalue weighted by Crippen LogP contribution is 2.14. The highest BCUT2D eigenvalue weighted by Gasteiger charge is 2.10. The van der Waals surface area contributed by atoms with Gasteiger partial charge in [0.25, 0.3) is 0 Å². The average Bonchev–Trinajstić information content (AvgIpc) is 2.92. The van der Waals surface area contributed by atoms with Crippen molar-refractivity contribution in [2.45, 2.75) is 11.7 Å². The molecule has 1 heterocycles. The predicted molar refractivity (Wildman–Crippen MR) is 76.0 cm³/mol. The van der Waals surface area contributed by atoms with Crippen LogP contribution in [0.2, 0.25) is 0 Å². The van der Waals surface area contributed by atoms with Crippen LogP contribution in [0.5, 0.6) is 0 Å². The van der Waals surface area contributed by atoms with Crippen molar-refractivity contribution in [2.75, 3.05) is 12.9 Å². The number of ether oxygens (including phenoxy) is 1. The minimum atomic E-state index is -0.376. The molecule has 0 N–H and O–H groups in total. The molecule has 0 aliphatic carbocycles. The molecule has 0 saturated heterocycles. The lowest BCUT2D eigenvalue weighted by Crippen LogP contribution is -2.13. The topological polar surface area (TPSA) is 69.9 Å². The van der Waals surface area contributed by atoms with E-state index in [4.69, 9.17) is 0 Å². The number of aromatic nitrogens is 4. The zero-order valence-electron chi connectivity index (χ0n) is 11.0. The molecule has 0 saturated carbocycles. The van der Waals surface area contributed by atoms with E-state index in [2.05, 4.69) is 20.3 Å². The van der Waals surface area contributed by atoms with Crippen LogP contribution in [0.15, 0.2) is 41.6 Å². The Morgan fingerprint density at radius 3 is 2.95 bits per heavy atom. The van der Waals surface area contributed by atoms with E-state index in [0.717, 1.165) is 11.3 Å². The summed E-state index contributed by atoms with van der Waals surface area (Å²) < 4.78 is 6.01. The van der Waals surface area contributed by atoms with Crippen molar-refractivity contribution in [3.8, 4) is 0 Å². The van der Waals surface area contributed by atoms with Crippen LogP contribution in [-0.4, -0.2) is 39.0 Å². The van der Waals surface area contributed by atoms with Gasteiger partial charge in [0.05, 0.1) is 7.11 Å². The van der Waals surface area contributed by atoms with Gasteiger partial charge in [-0.3, -0.25) is 4.79 Å². The first-order valence-corrected chi connectivity index (χ1v) is 6.95. The molecule has 2 aromatic rings. The van der Waals surface area contributed by atoms with Gasteiger partial charge in [-0.15, -0.1) is 5.10 Å². The highest BCUT2D eigenvalue weighted by molar-refractivity contribution is 7.99. The summed E-state index contributed by atoms with van der Waals surface area (Å²) in [6.45, 7) is 0.0221. The van der Waals surface area contributed by atoms with Gasteiger partial charge in [0.15, 0.2) is 0 Å². The molecule has 0 unspecified atom stereocenters. The monoisotopic (exact) mass is 290 g/mol. The van der Waals surface area contributed by atoms with Gasteiger partial charge in [-0.1, -0.05) is 54.2 Å². The molecule has 0 atom stereocenters. The fraction of sp³-hybridized carbons (Fsp3) is 0.231. The number of carbonyl (C=O) groups is 1. The van der Waals surface area contributed by atoms with E-state index in [1.807, 2.05) is 42.5 Å². The summed E-state index contributed by atoms with van der Waals surface area (Å²) in [6, 6.07) is 10.0. The van der Waals surface area contributed by atoms with Crippen LogP contribution in [0.3, 0.4) is 0 Å². The van der Waals surface area contributed by atoms with Crippen LogP contribution in [0.1, 0.15) is 5.56 Å². The molecule has 2 rings (SSSR count). The van der Waals surface area contributed by atoms with Gasteiger partial charge in [0.1, 0.15) is 6.54 Å². The summed E-state index contributed by atoms with van der Waals surface area (Å²) in [5.41, 5.74) is 1.14. The Kier molecular flexibility index (Phi) is 5.31. The van der Waals surface area contributed by atoms with E-state index in [1.165, 1.54) is 23.6 Å². The second kappa shape index (κ2) is 7.44. The van der Waals surface area contributed by atoms with Crippen LogP contribution in [-0.2, 0) is 16.1 Å². The van der Waals surface area contributed by atoms with Gasteiger partial charge < -0.3 is 4.74 Å². The third-order valence-electron chi connectivity index (χ3n) is 2.42. The SMILES string of the molecule is COC(=O)Cn1nnnc1SCC=Cc1ccccc1. The zero-order valence-corrected chi connectivity index (χ0v) is 11.8. The second-order valence-electron chi connectivity index (χ2n) is 3.82. The first-order valence-electron chi connectivity index (χ1n) is 5.97. The summed E-state index contributed by atoms with van der Waals surface area (Å²) in [4.78, 5) is 11.2. The Hall–Kier alpha value is -2.15. The minimum Gasteiger partial charge on any atom is -0.468 e. The number of carbonyl (C=O) groups excluding carboxylic acids is 1. The average molecular weight is 290 g/mol. The molecule has 0 radical (unpaired) electrons. The Labute approximate surface area is 120 Å². The fourth-order valence-electron chi connectivity index (χ4n) is 1.46. The Morgan fingerprint density at radius 2 is 2.20 bits per heavy atom. The number of methoxy groups -OCH3 is 1. The normalized spacial score (nSPS) is 10.8. The molecule has 0 aliphatic rings. The van der Waals surface area contributed by atoms with Gasteiger partial charge >= 0.3 is 5.97 Å². The maximum absolute atomic E-state index is 11.2. The number of benzene rings is 1. The Balaban J connectivity index is 1.87. The molecule has 20 heavy (non-hydrogen) atoms. The summed E-state index contributed by atoms with van der Waals surface area (Å²) in [7, 11) is 1.34.